The highest BCUT2D eigenvalue weighted by atomic mass is 79.9. The molecule has 2 atom stereocenters. The van der Waals surface area contributed by atoms with Crippen molar-refractivity contribution in [1.82, 2.24) is 0 Å². The third kappa shape index (κ3) is 3.40. The molecule has 1 aliphatic rings. The maximum absolute atomic E-state index is 10.6. The van der Waals surface area contributed by atoms with Crippen LogP contribution in [0, 0.1) is 0 Å². The van der Waals surface area contributed by atoms with Crippen LogP contribution in [0.3, 0.4) is 0 Å². The van der Waals surface area contributed by atoms with Gasteiger partial charge in [0.25, 0.3) is 0 Å². The summed E-state index contributed by atoms with van der Waals surface area (Å²) in [4.78, 5) is 10.6. The average molecular weight is 332 g/mol. The molecule has 0 saturated heterocycles. The third-order valence-corrected chi connectivity index (χ3v) is 4.38. The lowest BCUT2D eigenvalue weighted by atomic mass is 10.1. The minimum atomic E-state index is -0.956. The predicted molar refractivity (Wildman–Crippen MR) is 75.2 cm³/mol. The third-order valence-electron chi connectivity index (χ3n) is 2.68. The second-order valence-electron chi connectivity index (χ2n) is 4.18. The quantitative estimate of drug-likeness (QED) is 0.862. The van der Waals surface area contributed by atoms with Gasteiger partial charge in [-0.25, -0.2) is 0 Å². The standard InChI is InChI=1S/C12H14BrNO3S/c13-8-1-2-11-7(3-8)4-9(17-11)5-18-6-10(14)12(15)16/h1-3,9-10H,4-6,14H2,(H,15,16)/t9?,10-/m0/s1. The van der Waals surface area contributed by atoms with Crippen molar-refractivity contribution < 1.29 is 14.6 Å². The van der Waals surface area contributed by atoms with Gasteiger partial charge in [-0.3, -0.25) is 4.79 Å². The number of aliphatic carboxylic acids is 1. The van der Waals surface area contributed by atoms with Gasteiger partial charge in [0.1, 0.15) is 17.9 Å². The van der Waals surface area contributed by atoms with Crippen LogP contribution in [0.1, 0.15) is 5.56 Å². The van der Waals surface area contributed by atoms with E-state index in [4.69, 9.17) is 15.6 Å². The molecule has 18 heavy (non-hydrogen) atoms. The minimum Gasteiger partial charge on any atom is -0.489 e. The van der Waals surface area contributed by atoms with E-state index in [0.29, 0.717) is 5.75 Å². The number of hydrogen-bond donors (Lipinski definition) is 2. The Morgan fingerprint density at radius 1 is 1.67 bits per heavy atom. The molecule has 4 nitrogen and oxygen atoms in total. The Hall–Kier alpha value is -0.720. The van der Waals surface area contributed by atoms with Crippen LogP contribution >= 0.6 is 27.7 Å². The number of thioether (sulfide) groups is 1. The van der Waals surface area contributed by atoms with Gasteiger partial charge in [-0.15, -0.1) is 0 Å². The van der Waals surface area contributed by atoms with Gasteiger partial charge in [-0.05, 0) is 23.8 Å². The number of fused-ring (bicyclic) bond motifs is 1. The molecule has 3 N–H and O–H groups in total. The van der Waals surface area contributed by atoms with E-state index in [1.54, 1.807) is 0 Å². The first-order valence-electron chi connectivity index (χ1n) is 5.57. The SMILES string of the molecule is N[C@@H](CSCC1Cc2cc(Br)ccc2O1)C(=O)O. The largest absolute Gasteiger partial charge is 0.489 e. The lowest BCUT2D eigenvalue weighted by Gasteiger charge is -2.11. The normalized spacial score (nSPS) is 19.1. The van der Waals surface area contributed by atoms with Crippen molar-refractivity contribution in [3.05, 3.63) is 28.2 Å². The maximum Gasteiger partial charge on any atom is 0.321 e. The minimum absolute atomic E-state index is 0.111. The molecule has 1 unspecified atom stereocenters. The molecular weight excluding hydrogens is 318 g/mol. The lowest BCUT2D eigenvalue weighted by Crippen LogP contribution is -2.33. The summed E-state index contributed by atoms with van der Waals surface area (Å²) in [5.74, 6) is 1.14. The number of benzene rings is 1. The number of ether oxygens (including phenoxy) is 1. The van der Waals surface area contributed by atoms with E-state index in [9.17, 15) is 4.79 Å². The summed E-state index contributed by atoms with van der Waals surface area (Å²) in [6.45, 7) is 0. The molecule has 1 aromatic rings. The van der Waals surface area contributed by atoms with Crippen molar-refractivity contribution >= 4 is 33.7 Å². The van der Waals surface area contributed by atoms with E-state index < -0.39 is 12.0 Å². The molecule has 98 valence electrons. The molecule has 0 aliphatic carbocycles. The Labute approximate surface area is 118 Å². The van der Waals surface area contributed by atoms with Crippen molar-refractivity contribution in [3.8, 4) is 5.75 Å². The smallest absolute Gasteiger partial charge is 0.321 e. The van der Waals surface area contributed by atoms with Crippen molar-refractivity contribution in [2.75, 3.05) is 11.5 Å². The van der Waals surface area contributed by atoms with E-state index >= 15 is 0 Å². The first-order chi connectivity index (χ1) is 8.56. The summed E-state index contributed by atoms with van der Waals surface area (Å²) < 4.78 is 6.82. The Bertz CT molecular complexity index is 455. The molecule has 6 heteroatoms. The van der Waals surface area contributed by atoms with Crippen LogP contribution in [0.4, 0.5) is 0 Å². The summed E-state index contributed by atoms with van der Waals surface area (Å²) in [6, 6.07) is 5.16. The van der Waals surface area contributed by atoms with Gasteiger partial charge in [0.05, 0.1) is 0 Å². The zero-order chi connectivity index (χ0) is 13.1. The molecule has 0 amide bonds. The number of hydrogen-bond acceptors (Lipinski definition) is 4. The average Bonchev–Trinajstić information content (AvgIpc) is 2.70. The molecule has 0 saturated carbocycles. The number of carboxylic acid groups (broad SMARTS) is 1. The predicted octanol–water partition coefficient (Wildman–Crippen LogP) is 1.90. The highest BCUT2D eigenvalue weighted by Gasteiger charge is 2.23. The molecule has 0 fully saturated rings. The molecule has 0 radical (unpaired) electrons. The summed E-state index contributed by atoms with van der Waals surface area (Å²) >= 11 is 4.95. The fourth-order valence-electron chi connectivity index (χ4n) is 1.78. The van der Waals surface area contributed by atoms with Gasteiger partial charge in [-0.2, -0.15) is 11.8 Å². The second kappa shape index (κ2) is 5.95. The molecule has 0 spiro atoms. The number of carbonyl (C=O) groups is 1. The van der Waals surface area contributed by atoms with Crippen LogP contribution in [-0.4, -0.2) is 34.7 Å². The molecule has 0 bridgehead atoms. The topological polar surface area (TPSA) is 72.5 Å². The Kier molecular flexibility index (Phi) is 4.53. The van der Waals surface area contributed by atoms with Crippen LogP contribution in [0.5, 0.6) is 5.75 Å². The van der Waals surface area contributed by atoms with Crippen LogP contribution in [0.15, 0.2) is 22.7 Å². The van der Waals surface area contributed by atoms with Gasteiger partial charge >= 0.3 is 5.97 Å². The van der Waals surface area contributed by atoms with E-state index in [-0.39, 0.29) is 6.10 Å². The highest BCUT2D eigenvalue weighted by molar-refractivity contribution is 9.10. The van der Waals surface area contributed by atoms with E-state index in [1.807, 2.05) is 12.1 Å². The van der Waals surface area contributed by atoms with Crippen LogP contribution in [0.2, 0.25) is 0 Å². The zero-order valence-corrected chi connectivity index (χ0v) is 12.0. The Morgan fingerprint density at radius 3 is 3.17 bits per heavy atom. The maximum atomic E-state index is 10.6. The summed E-state index contributed by atoms with van der Waals surface area (Å²) in [5.41, 5.74) is 6.63. The molecule has 1 aliphatic heterocycles. The Morgan fingerprint density at radius 2 is 2.44 bits per heavy atom. The summed E-state index contributed by atoms with van der Waals surface area (Å²) in [6.07, 6.45) is 0.977. The van der Waals surface area contributed by atoms with E-state index in [2.05, 4.69) is 22.0 Å². The van der Waals surface area contributed by atoms with Crippen molar-refractivity contribution in [3.63, 3.8) is 0 Å². The van der Waals surface area contributed by atoms with Crippen molar-refractivity contribution in [2.45, 2.75) is 18.6 Å². The van der Waals surface area contributed by atoms with Gasteiger partial charge in [0.15, 0.2) is 0 Å². The Balaban J connectivity index is 1.80. The van der Waals surface area contributed by atoms with Crippen LogP contribution < -0.4 is 10.5 Å². The molecule has 0 aromatic heterocycles. The van der Waals surface area contributed by atoms with E-state index in [1.165, 1.54) is 17.3 Å². The molecule has 2 rings (SSSR count). The highest BCUT2D eigenvalue weighted by Crippen LogP contribution is 2.32. The molecule has 1 aromatic carbocycles. The number of halogens is 1. The summed E-state index contributed by atoms with van der Waals surface area (Å²) in [7, 11) is 0. The van der Waals surface area contributed by atoms with Crippen molar-refractivity contribution in [1.29, 1.82) is 0 Å². The fraction of sp³-hybridized carbons (Fsp3) is 0.417. The lowest BCUT2D eigenvalue weighted by molar-refractivity contribution is -0.137. The number of rotatable bonds is 5. The van der Waals surface area contributed by atoms with Gasteiger partial charge < -0.3 is 15.6 Å². The van der Waals surface area contributed by atoms with Gasteiger partial charge in [0.2, 0.25) is 0 Å². The summed E-state index contributed by atoms with van der Waals surface area (Å²) in [5, 5.41) is 8.67. The van der Waals surface area contributed by atoms with Crippen molar-refractivity contribution in [2.24, 2.45) is 5.73 Å². The number of nitrogens with two attached hydrogens (primary N) is 1. The monoisotopic (exact) mass is 331 g/mol. The van der Waals surface area contributed by atoms with Gasteiger partial charge in [-0.1, -0.05) is 15.9 Å². The van der Waals surface area contributed by atoms with Crippen LogP contribution in [0.25, 0.3) is 0 Å². The second-order valence-corrected chi connectivity index (χ2v) is 6.17. The van der Waals surface area contributed by atoms with Crippen LogP contribution in [-0.2, 0) is 11.2 Å². The first-order valence-corrected chi connectivity index (χ1v) is 7.52. The molecular formula is C12H14BrNO3S. The molecule has 1 heterocycles. The zero-order valence-electron chi connectivity index (χ0n) is 9.64. The fourth-order valence-corrected chi connectivity index (χ4v) is 3.17. The van der Waals surface area contributed by atoms with E-state index in [0.717, 1.165) is 22.4 Å². The van der Waals surface area contributed by atoms with Gasteiger partial charge in [0, 0.05) is 22.4 Å². The number of carboxylic acids is 1. The first kappa shape index (κ1) is 13.7.